The largest absolute Gasteiger partial charge is 0.370 e. The van der Waals surface area contributed by atoms with Gasteiger partial charge in [0.05, 0.1) is 12.1 Å². The average molecular weight is 229 g/mol. The van der Waals surface area contributed by atoms with Crippen molar-refractivity contribution in [2.24, 2.45) is 10.7 Å². The van der Waals surface area contributed by atoms with Gasteiger partial charge in [-0.2, -0.15) is 0 Å². The zero-order valence-electron chi connectivity index (χ0n) is 10.5. The molecule has 3 heteroatoms. The quantitative estimate of drug-likeness (QED) is 0.713. The number of hydrogen-bond donors (Lipinski definition) is 2. The van der Waals surface area contributed by atoms with Crippen molar-refractivity contribution < 1.29 is 0 Å². The molecule has 1 atom stereocenters. The van der Waals surface area contributed by atoms with Crippen molar-refractivity contribution in [2.45, 2.75) is 37.6 Å². The van der Waals surface area contributed by atoms with Crippen LogP contribution in [0.3, 0.4) is 0 Å². The molecule has 2 aliphatic rings. The lowest BCUT2D eigenvalue weighted by Crippen LogP contribution is -2.50. The lowest BCUT2D eigenvalue weighted by atomic mass is 9.65. The molecule has 17 heavy (non-hydrogen) atoms. The molecule has 3 nitrogen and oxygen atoms in total. The Hall–Kier alpha value is -1.51. The molecule has 1 aromatic rings. The summed E-state index contributed by atoms with van der Waals surface area (Å²) in [7, 11) is 0. The van der Waals surface area contributed by atoms with Crippen LogP contribution in [0.2, 0.25) is 0 Å². The summed E-state index contributed by atoms with van der Waals surface area (Å²) >= 11 is 0. The Kier molecular flexibility index (Phi) is 2.03. The number of nitrogens with two attached hydrogens (primary N) is 1. The zero-order valence-corrected chi connectivity index (χ0v) is 10.5. The van der Waals surface area contributed by atoms with E-state index in [1.807, 2.05) is 0 Å². The Balaban J connectivity index is 2.13. The number of nitrogens with zero attached hydrogens (tertiary/aromatic N) is 1. The molecule has 0 aromatic heterocycles. The highest BCUT2D eigenvalue weighted by molar-refractivity contribution is 5.81. The van der Waals surface area contributed by atoms with Gasteiger partial charge in [-0.05, 0) is 29.4 Å². The molecule has 1 unspecified atom stereocenters. The molecule has 0 saturated carbocycles. The molecular weight excluding hydrogens is 210 g/mol. The summed E-state index contributed by atoms with van der Waals surface area (Å²) < 4.78 is 0. The van der Waals surface area contributed by atoms with Crippen LogP contribution in [0.4, 0.5) is 0 Å². The number of aliphatic imine (C=N–C) groups is 1. The lowest BCUT2D eigenvalue weighted by Gasteiger charge is -2.43. The fourth-order valence-electron chi connectivity index (χ4n) is 3.12. The number of rotatable bonds is 0. The fourth-order valence-corrected chi connectivity index (χ4v) is 3.12. The zero-order chi connectivity index (χ0) is 12.1. The van der Waals surface area contributed by atoms with E-state index in [4.69, 9.17) is 5.73 Å². The number of guanidine groups is 1. The second-order valence-electron chi connectivity index (χ2n) is 5.84. The van der Waals surface area contributed by atoms with Crippen LogP contribution in [0, 0.1) is 0 Å². The summed E-state index contributed by atoms with van der Waals surface area (Å²) in [6.45, 7) is 5.40. The van der Waals surface area contributed by atoms with Crippen LogP contribution < -0.4 is 11.1 Å². The fraction of sp³-hybridized carbons (Fsp3) is 0.500. The molecular formula is C14H19N3. The van der Waals surface area contributed by atoms with Crippen molar-refractivity contribution >= 4 is 5.96 Å². The number of fused-ring (bicyclic) bond motifs is 2. The Morgan fingerprint density at radius 2 is 1.88 bits per heavy atom. The maximum atomic E-state index is 5.80. The maximum absolute atomic E-state index is 5.80. The van der Waals surface area contributed by atoms with Gasteiger partial charge in [-0.3, -0.25) is 4.99 Å². The van der Waals surface area contributed by atoms with Gasteiger partial charge in [0.15, 0.2) is 5.96 Å². The molecule has 0 fully saturated rings. The van der Waals surface area contributed by atoms with E-state index in [2.05, 4.69) is 48.4 Å². The Morgan fingerprint density at radius 1 is 1.18 bits per heavy atom. The molecule has 3 rings (SSSR count). The van der Waals surface area contributed by atoms with E-state index in [-0.39, 0.29) is 11.0 Å². The highest BCUT2D eigenvalue weighted by Crippen LogP contribution is 2.45. The van der Waals surface area contributed by atoms with Crippen molar-refractivity contribution in [1.29, 1.82) is 0 Å². The predicted octanol–water partition coefficient (Wildman–Crippen LogP) is 1.87. The summed E-state index contributed by atoms with van der Waals surface area (Å²) in [6, 6.07) is 8.70. The van der Waals surface area contributed by atoms with Crippen molar-refractivity contribution in [3.05, 3.63) is 35.4 Å². The van der Waals surface area contributed by atoms with Crippen molar-refractivity contribution in [2.75, 3.05) is 6.54 Å². The minimum Gasteiger partial charge on any atom is -0.370 e. The molecule has 90 valence electrons. The Labute approximate surface area is 102 Å². The van der Waals surface area contributed by atoms with E-state index in [0.717, 1.165) is 13.0 Å². The molecule has 0 saturated heterocycles. The molecule has 1 aliphatic heterocycles. The highest BCUT2D eigenvalue weighted by Gasteiger charge is 2.44. The predicted molar refractivity (Wildman–Crippen MR) is 70.0 cm³/mol. The van der Waals surface area contributed by atoms with Crippen LogP contribution in [0.25, 0.3) is 0 Å². The number of benzene rings is 1. The standard InChI is InChI=1S/C14H19N3/c1-13(2)7-8-14(9-16-12(15)17-14)11-6-4-3-5-10(11)13/h3-6H,7-9H2,1-2H3,(H3,15,16,17). The highest BCUT2D eigenvalue weighted by atomic mass is 15.2. The Morgan fingerprint density at radius 3 is 2.53 bits per heavy atom. The summed E-state index contributed by atoms with van der Waals surface area (Å²) in [5, 5.41) is 3.39. The molecule has 0 amide bonds. The molecule has 1 aromatic carbocycles. The third-order valence-electron chi connectivity index (χ3n) is 4.24. The second kappa shape index (κ2) is 3.25. The van der Waals surface area contributed by atoms with Gasteiger partial charge in [0.25, 0.3) is 0 Å². The van der Waals surface area contributed by atoms with Crippen LogP contribution >= 0.6 is 0 Å². The van der Waals surface area contributed by atoms with Crippen molar-refractivity contribution in [1.82, 2.24) is 5.32 Å². The van der Waals surface area contributed by atoms with E-state index in [1.54, 1.807) is 0 Å². The third kappa shape index (κ3) is 1.45. The average Bonchev–Trinajstić information content (AvgIpc) is 2.69. The van der Waals surface area contributed by atoms with Gasteiger partial charge in [-0.25, -0.2) is 0 Å². The smallest absolute Gasteiger partial charge is 0.189 e. The SMILES string of the molecule is CC1(C)CCC2(CN=C(N)N2)c2ccccc21. The molecule has 3 N–H and O–H groups in total. The van der Waals surface area contributed by atoms with E-state index >= 15 is 0 Å². The molecule has 1 heterocycles. The maximum Gasteiger partial charge on any atom is 0.189 e. The number of nitrogens with one attached hydrogen (secondary N) is 1. The van der Waals surface area contributed by atoms with Gasteiger partial charge in [0.1, 0.15) is 0 Å². The van der Waals surface area contributed by atoms with Crippen LogP contribution in [0.5, 0.6) is 0 Å². The van der Waals surface area contributed by atoms with E-state index in [9.17, 15) is 0 Å². The summed E-state index contributed by atoms with van der Waals surface area (Å²) in [4.78, 5) is 4.34. The first kappa shape index (κ1) is 10.6. The van der Waals surface area contributed by atoms with Crippen LogP contribution in [0.15, 0.2) is 29.3 Å². The first-order chi connectivity index (χ1) is 8.04. The second-order valence-corrected chi connectivity index (χ2v) is 5.84. The molecule has 0 radical (unpaired) electrons. The van der Waals surface area contributed by atoms with E-state index in [0.29, 0.717) is 5.96 Å². The number of hydrogen-bond acceptors (Lipinski definition) is 3. The van der Waals surface area contributed by atoms with Gasteiger partial charge < -0.3 is 11.1 Å². The van der Waals surface area contributed by atoms with Gasteiger partial charge in [-0.1, -0.05) is 38.1 Å². The Bertz CT molecular complexity index is 490. The topological polar surface area (TPSA) is 50.4 Å². The minimum absolute atomic E-state index is 0.0454. The molecule has 1 aliphatic carbocycles. The third-order valence-corrected chi connectivity index (χ3v) is 4.24. The van der Waals surface area contributed by atoms with Crippen molar-refractivity contribution in [3.63, 3.8) is 0 Å². The normalized spacial score (nSPS) is 29.6. The van der Waals surface area contributed by atoms with Gasteiger partial charge in [0.2, 0.25) is 0 Å². The molecule has 0 bridgehead atoms. The van der Waals surface area contributed by atoms with Crippen LogP contribution in [-0.2, 0) is 11.0 Å². The van der Waals surface area contributed by atoms with Gasteiger partial charge >= 0.3 is 0 Å². The summed E-state index contributed by atoms with van der Waals surface area (Å²) in [5.74, 6) is 0.583. The van der Waals surface area contributed by atoms with Gasteiger partial charge in [-0.15, -0.1) is 0 Å². The van der Waals surface area contributed by atoms with Crippen molar-refractivity contribution in [3.8, 4) is 0 Å². The first-order valence-electron chi connectivity index (χ1n) is 6.22. The van der Waals surface area contributed by atoms with Crippen LogP contribution in [0.1, 0.15) is 37.8 Å². The minimum atomic E-state index is -0.0454. The summed E-state index contributed by atoms with van der Waals surface area (Å²) in [6.07, 6.45) is 2.26. The summed E-state index contributed by atoms with van der Waals surface area (Å²) in [5.41, 5.74) is 8.82. The first-order valence-corrected chi connectivity index (χ1v) is 6.22. The monoisotopic (exact) mass is 229 g/mol. The van der Waals surface area contributed by atoms with E-state index < -0.39 is 0 Å². The van der Waals surface area contributed by atoms with Gasteiger partial charge in [0, 0.05) is 0 Å². The lowest BCUT2D eigenvalue weighted by molar-refractivity contribution is 0.292. The van der Waals surface area contributed by atoms with E-state index in [1.165, 1.54) is 17.5 Å². The van der Waals surface area contributed by atoms with Crippen LogP contribution in [-0.4, -0.2) is 12.5 Å². The molecule has 1 spiro atoms.